The lowest BCUT2D eigenvalue weighted by Crippen LogP contribution is -2.25. The smallest absolute Gasteiger partial charge is 0.309 e. The third-order valence-corrected chi connectivity index (χ3v) is 5.02. The van der Waals surface area contributed by atoms with Crippen LogP contribution < -0.4 is 15.1 Å². The van der Waals surface area contributed by atoms with Gasteiger partial charge >= 0.3 is 5.97 Å². The van der Waals surface area contributed by atoms with Crippen molar-refractivity contribution < 1.29 is 14.3 Å². The van der Waals surface area contributed by atoms with Crippen LogP contribution in [-0.4, -0.2) is 43.0 Å². The zero-order valence-corrected chi connectivity index (χ0v) is 16.9. The van der Waals surface area contributed by atoms with Crippen LogP contribution in [0.2, 0.25) is 0 Å². The van der Waals surface area contributed by atoms with Gasteiger partial charge in [0, 0.05) is 19.8 Å². The number of hydrogen-bond donors (Lipinski definition) is 1. The first-order valence-corrected chi connectivity index (χ1v) is 9.38. The Bertz CT molecular complexity index is 1110. The number of nitrogens with zero attached hydrogens (tertiary/aromatic N) is 4. The van der Waals surface area contributed by atoms with Crippen molar-refractivity contribution in [1.82, 2.24) is 9.97 Å². The van der Waals surface area contributed by atoms with Crippen LogP contribution in [0.1, 0.15) is 15.9 Å². The SMILES string of the molecule is COC(=O)Cc1ccc(Nc2ncc3c(n2)N(C)c2ccccc2C(=O)N3C)cc1. The van der Waals surface area contributed by atoms with Gasteiger partial charge in [-0.3, -0.25) is 9.59 Å². The lowest BCUT2D eigenvalue weighted by Gasteiger charge is -2.21. The number of hydrogen-bond acceptors (Lipinski definition) is 7. The molecule has 8 heteroatoms. The first-order chi connectivity index (χ1) is 14.5. The van der Waals surface area contributed by atoms with Crippen LogP contribution in [0.3, 0.4) is 0 Å². The van der Waals surface area contributed by atoms with E-state index in [1.165, 1.54) is 7.11 Å². The fourth-order valence-electron chi connectivity index (χ4n) is 3.34. The number of rotatable bonds is 4. The average molecular weight is 403 g/mol. The molecule has 0 fully saturated rings. The summed E-state index contributed by atoms with van der Waals surface area (Å²) >= 11 is 0. The molecular formula is C22H21N5O3. The Morgan fingerprint density at radius 3 is 2.50 bits per heavy atom. The highest BCUT2D eigenvalue weighted by molar-refractivity contribution is 6.13. The van der Waals surface area contributed by atoms with E-state index in [2.05, 4.69) is 20.0 Å². The Kier molecular flexibility index (Phi) is 5.05. The Morgan fingerprint density at radius 1 is 1.03 bits per heavy atom. The summed E-state index contributed by atoms with van der Waals surface area (Å²) in [5.41, 5.74) is 3.65. The van der Waals surface area contributed by atoms with Crippen molar-refractivity contribution in [2.24, 2.45) is 0 Å². The van der Waals surface area contributed by atoms with Gasteiger partial charge in [0.2, 0.25) is 5.95 Å². The second-order valence-corrected chi connectivity index (χ2v) is 6.92. The number of nitrogens with one attached hydrogen (secondary N) is 1. The van der Waals surface area contributed by atoms with E-state index < -0.39 is 0 Å². The number of carbonyl (C=O) groups excluding carboxylic acids is 2. The van der Waals surface area contributed by atoms with E-state index in [4.69, 9.17) is 0 Å². The zero-order chi connectivity index (χ0) is 21.3. The average Bonchev–Trinajstić information content (AvgIpc) is 2.85. The van der Waals surface area contributed by atoms with Gasteiger partial charge in [0.1, 0.15) is 5.69 Å². The first-order valence-electron chi connectivity index (χ1n) is 9.38. The summed E-state index contributed by atoms with van der Waals surface area (Å²) in [6.07, 6.45) is 1.85. The third-order valence-electron chi connectivity index (χ3n) is 5.02. The largest absolute Gasteiger partial charge is 0.469 e. The van der Waals surface area contributed by atoms with Crippen molar-refractivity contribution >= 4 is 40.7 Å². The minimum Gasteiger partial charge on any atom is -0.469 e. The number of aromatic nitrogens is 2. The Balaban J connectivity index is 1.63. The molecule has 0 radical (unpaired) electrons. The summed E-state index contributed by atoms with van der Waals surface area (Å²) in [4.78, 5) is 36.7. The molecule has 1 amide bonds. The molecule has 8 nitrogen and oxygen atoms in total. The second kappa shape index (κ2) is 7.82. The molecule has 30 heavy (non-hydrogen) atoms. The molecule has 4 rings (SSSR count). The number of esters is 1. The van der Waals surface area contributed by atoms with Gasteiger partial charge in [-0.1, -0.05) is 24.3 Å². The van der Waals surface area contributed by atoms with Crippen molar-refractivity contribution in [3.63, 3.8) is 0 Å². The van der Waals surface area contributed by atoms with Gasteiger partial charge in [-0.05, 0) is 29.8 Å². The maximum absolute atomic E-state index is 12.8. The van der Waals surface area contributed by atoms with Gasteiger partial charge in [-0.25, -0.2) is 4.98 Å². The van der Waals surface area contributed by atoms with Gasteiger partial charge in [0.25, 0.3) is 5.91 Å². The molecule has 2 heterocycles. The minimum atomic E-state index is -0.285. The number of ether oxygens (including phenoxy) is 1. The monoisotopic (exact) mass is 403 g/mol. The van der Waals surface area contributed by atoms with Crippen LogP contribution in [-0.2, 0) is 16.0 Å². The molecule has 1 aromatic heterocycles. The van der Waals surface area contributed by atoms with Crippen molar-refractivity contribution in [2.75, 3.05) is 36.3 Å². The van der Waals surface area contributed by atoms with Crippen LogP contribution in [0.4, 0.5) is 28.8 Å². The van der Waals surface area contributed by atoms with Gasteiger partial charge in [0.05, 0.1) is 31.0 Å². The number of methoxy groups -OCH3 is 1. The molecule has 0 unspecified atom stereocenters. The van der Waals surface area contributed by atoms with E-state index in [1.54, 1.807) is 24.2 Å². The van der Waals surface area contributed by atoms with E-state index >= 15 is 0 Å². The lowest BCUT2D eigenvalue weighted by molar-refractivity contribution is -0.139. The molecule has 0 atom stereocenters. The maximum Gasteiger partial charge on any atom is 0.309 e. The third kappa shape index (κ3) is 3.55. The number of anilines is 5. The van der Waals surface area contributed by atoms with Gasteiger partial charge in [0.15, 0.2) is 5.82 Å². The molecule has 0 bridgehead atoms. The quantitative estimate of drug-likeness (QED) is 0.669. The number of fused-ring (bicyclic) bond motifs is 2. The predicted molar refractivity (Wildman–Crippen MR) is 115 cm³/mol. The highest BCUT2D eigenvalue weighted by atomic mass is 16.5. The first kappa shape index (κ1) is 19.4. The van der Waals surface area contributed by atoms with Crippen LogP contribution in [0.15, 0.2) is 54.7 Å². The molecule has 1 aliphatic rings. The van der Waals surface area contributed by atoms with Crippen molar-refractivity contribution in [3.05, 3.63) is 65.9 Å². The summed E-state index contributed by atoms with van der Waals surface area (Å²) in [5, 5.41) is 3.17. The van der Waals surface area contributed by atoms with Crippen molar-refractivity contribution in [2.45, 2.75) is 6.42 Å². The van der Waals surface area contributed by atoms with Crippen LogP contribution in [0.5, 0.6) is 0 Å². The molecule has 3 aromatic rings. The van der Waals surface area contributed by atoms with Gasteiger partial charge < -0.3 is 19.9 Å². The molecule has 152 valence electrons. The molecule has 1 N–H and O–H groups in total. The van der Waals surface area contributed by atoms with Crippen molar-refractivity contribution in [3.8, 4) is 0 Å². The maximum atomic E-state index is 12.8. The van der Waals surface area contributed by atoms with Crippen LogP contribution in [0.25, 0.3) is 0 Å². The number of amides is 1. The number of carbonyl (C=O) groups is 2. The minimum absolute atomic E-state index is 0.110. The highest BCUT2D eigenvalue weighted by Crippen LogP contribution is 2.37. The highest BCUT2D eigenvalue weighted by Gasteiger charge is 2.28. The van der Waals surface area contributed by atoms with E-state index in [-0.39, 0.29) is 18.3 Å². The molecule has 0 saturated heterocycles. The van der Waals surface area contributed by atoms with Crippen LogP contribution >= 0.6 is 0 Å². The van der Waals surface area contributed by atoms with E-state index in [0.717, 1.165) is 16.9 Å². The Hall–Kier alpha value is -3.94. The Morgan fingerprint density at radius 2 is 1.77 bits per heavy atom. The molecule has 0 spiro atoms. The lowest BCUT2D eigenvalue weighted by atomic mass is 10.1. The van der Waals surface area contributed by atoms with E-state index in [9.17, 15) is 9.59 Å². The van der Waals surface area contributed by atoms with Gasteiger partial charge in [-0.2, -0.15) is 4.98 Å². The second-order valence-electron chi connectivity index (χ2n) is 6.92. The van der Waals surface area contributed by atoms with Gasteiger partial charge in [-0.15, -0.1) is 0 Å². The molecule has 1 aliphatic heterocycles. The van der Waals surface area contributed by atoms with Crippen LogP contribution in [0, 0.1) is 0 Å². The van der Waals surface area contributed by atoms with Crippen molar-refractivity contribution in [1.29, 1.82) is 0 Å². The fourth-order valence-corrected chi connectivity index (χ4v) is 3.34. The number of para-hydroxylation sites is 1. The summed E-state index contributed by atoms with van der Waals surface area (Å²) < 4.78 is 4.69. The molecule has 0 aliphatic carbocycles. The summed E-state index contributed by atoms with van der Waals surface area (Å²) in [7, 11) is 4.96. The van der Waals surface area contributed by atoms with E-state index in [0.29, 0.717) is 23.0 Å². The van der Waals surface area contributed by atoms with E-state index in [1.807, 2.05) is 54.4 Å². The summed E-state index contributed by atoms with van der Waals surface area (Å²) in [6, 6.07) is 14.8. The molecule has 2 aromatic carbocycles. The topological polar surface area (TPSA) is 87.7 Å². The molecule has 0 saturated carbocycles. The molecular weight excluding hydrogens is 382 g/mol. The fraction of sp³-hybridized carbons (Fsp3) is 0.182. The normalized spacial score (nSPS) is 12.7. The zero-order valence-electron chi connectivity index (χ0n) is 16.9. The predicted octanol–water partition coefficient (Wildman–Crippen LogP) is 3.29. The summed E-state index contributed by atoms with van der Waals surface area (Å²) in [5.74, 6) is 0.630. The standard InChI is InChI=1S/C22H21N5O3/c1-26-17-7-5-4-6-16(17)21(29)27(2)18-13-23-22(25-20(18)26)24-15-10-8-14(9-11-15)12-19(28)30-3/h4-11,13H,12H2,1-3H3,(H,23,24,25). The Labute approximate surface area is 174 Å². The summed E-state index contributed by atoms with van der Waals surface area (Å²) in [6.45, 7) is 0. The number of benzene rings is 2.